The second-order valence-corrected chi connectivity index (χ2v) is 4.33. The van der Waals surface area contributed by atoms with Gasteiger partial charge in [0.05, 0.1) is 0 Å². The fourth-order valence-electron chi connectivity index (χ4n) is 1.99. The van der Waals surface area contributed by atoms with E-state index in [0.29, 0.717) is 11.1 Å². The monoisotopic (exact) mass is 238 g/mol. The first-order valence-corrected chi connectivity index (χ1v) is 5.79. The topological polar surface area (TPSA) is 34.1 Å². The van der Waals surface area contributed by atoms with Crippen LogP contribution in [0.1, 0.15) is 33.2 Å². The number of rotatable bonds is 3. The van der Waals surface area contributed by atoms with Gasteiger partial charge in [0.1, 0.15) is 6.29 Å². The van der Waals surface area contributed by atoms with Gasteiger partial charge in [-0.15, -0.1) is 0 Å². The van der Waals surface area contributed by atoms with E-state index in [4.69, 9.17) is 0 Å². The van der Waals surface area contributed by atoms with E-state index in [1.54, 1.807) is 19.1 Å². The summed E-state index contributed by atoms with van der Waals surface area (Å²) >= 11 is 0. The van der Waals surface area contributed by atoms with Crippen molar-refractivity contribution in [3.8, 4) is 11.1 Å². The quantitative estimate of drug-likeness (QED) is 0.604. The number of aldehydes is 1. The molecule has 2 nitrogen and oxygen atoms in total. The molecule has 0 radical (unpaired) electrons. The first kappa shape index (κ1) is 12.2. The molecular weight excluding hydrogens is 224 g/mol. The Bertz CT molecular complexity index is 612. The zero-order valence-electron chi connectivity index (χ0n) is 10.4. The smallest absolute Gasteiger partial charge is 0.159 e. The summed E-state index contributed by atoms with van der Waals surface area (Å²) in [6, 6.07) is 13.1. The highest BCUT2D eigenvalue weighted by Crippen LogP contribution is 2.25. The van der Waals surface area contributed by atoms with Crippen LogP contribution in [0.25, 0.3) is 11.1 Å². The summed E-state index contributed by atoms with van der Waals surface area (Å²) in [7, 11) is 0. The van der Waals surface area contributed by atoms with Crippen LogP contribution < -0.4 is 0 Å². The summed E-state index contributed by atoms with van der Waals surface area (Å²) in [6.45, 7) is 3.52. The molecule has 0 heterocycles. The van der Waals surface area contributed by atoms with E-state index >= 15 is 0 Å². The normalized spacial score (nSPS) is 10.1. The SMILES string of the molecule is CC(=O)c1cccc(-c2ccc(C=O)cc2C)c1. The third-order valence-electron chi connectivity index (χ3n) is 2.97. The molecule has 0 aliphatic rings. The largest absolute Gasteiger partial charge is 0.298 e. The van der Waals surface area contributed by atoms with Crippen molar-refractivity contribution in [3.05, 3.63) is 59.2 Å². The Labute approximate surface area is 106 Å². The van der Waals surface area contributed by atoms with E-state index in [-0.39, 0.29) is 5.78 Å². The van der Waals surface area contributed by atoms with E-state index < -0.39 is 0 Å². The van der Waals surface area contributed by atoms with Gasteiger partial charge in [-0.05, 0) is 42.7 Å². The number of benzene rings is 2. The standard InChI is InChI=1S/C16H14O2/c1-11-8-13(10-17)6-7-16(11)15-5-3-4-14(9-15)12(2)18/h3-10H,1-2H3. The molecule has 0 N–H and O–H groups in total. The summed E-state index contributed by atoms with van der Waals surface area (Å²) in [6.07, 6.45) is 0.836. The van der Waals surface area contributed by atoms with Crippen LogP contribution in [0, 0.1) is 6.92 Å². The fraction of sp³-hybridized carbons (Fsp3) is 0.125. The number of Topliss-reactive ketones (excluding diaryl/α,β-unsaturated/α-hetero) is 1. The summed E-state index contributed by atoms with van der Waals surface area (Å²) in [5.41, 5.74) is 4.44. The Kier molecular flexibility index (Phi) is 3.38. The van der Waals surface area contributed by atoms with E-state index in [1.807, 2.05) is 37.3 Å². The molecule has 2 aromatic carbocycles. The molecule has 0 aliphatic heterocycles. The second kappa shape index (κ2) is 4.96. The van der Waals surface area contributed by atoms with Gasteiger partial charge in [0.15, 0.2) is 5.78 Å². The molecule has 2 heteroatoms. The molecule has 0 bridgehead atoms. The third kappa shape index (κ3) is 2.38. The van der Waals surface area contributed by atoms with Crippen molar-refractivity contribution in [3.63, 3.8) is 0 Å². The lowest BCUT2D eigenvalue weighted by atomic mass is 9.96. The molecule has 0 aliphatic carbocycles. The lowest BCUT2D eigenvalue weighted by Gasteiger charge is -2.07. The number of carbonyl (C=O) groups is 2. The highest BCUT2D eigenvalue weighted by atomic mass is 16.1. The maximum Gasteiger partial charge on any atom is 0.159 e. The van der Waals surface area contributed by atoms with Crippen LogP contribution in [0.4, 0.5) is 0 Å². The predicted octanol–water partition coefficient (Wildman–Crippen LogP) is 3.68. The van der Waals surface area contributed by atoms with E-state index in [2.05, 4.69) is 0 Å². The van der Waals surface area contributed by atoms with E-state index in [0.717, 1.165) is 23.0 Å². The van der Waals surface area contributed by atoms with Crippen LogP contribution >= 0.6 is 0 Å². The number of carbonyl (C=O) groups excluding carboxylic acids is 2. The predicted molar refractivity (Wildman–Crippen MR) is 72.0 cm³/mol. The zero-order chi connectivity index (χ0) is 13.1. The zero-order valence-corrected chi connectivity index (χ0v) is 10.4. The molecule has 0 fully saturated rings. The molecule has 0 atom stereocenters. The average Bonchev–Trinajstić information content (AvgIpc) is 2.38. The average molecular weight is 238 g/mol. The van der Waals surface area contributed by atoms with Crippen LogP contribution in [-0.2, 0) is 0 Å². The van der Waals surface area contributed by atoms with Gasteiger partial charge < -0.3 is 0 Å². The van der Waals surface area contributed by atoms with Gasteiger partial charge in [-0.25, -0.2) is 0 Å². The van der Waals surface area contributed by atoms with Gasteiger partial charge in [-0.2, -0.15) is 0 Å². The van der Waals surface area contributed by atoms with Crippen LogP contribution in [0.15, 0.2) is 42.5 Å². The first-order valence-electron chi connectivity index (χ1n) is 5.79. The number of hydrogen-bond acceptors (Lipinski definition) is 2. The molecule has 0 amide bonds. The number of aryl methyl sites for hydroxylation is 1. The van der Waals surface area contributed by atoms with Crippen LogP contribution in [0.5, 0.6) is 0 Å². The highest BCUT2D eigenvalue weighted by molar-refractivity contribution is 5.95. The Morgan fingerprint density at radius 1 is 1.11 bits per heavy atom. The van der Waals surface area contributed by atoms with Crippen molar-refractivity contribution in [2.45, 2.75) is 13.8 Å². The fourth-order valence-corrected chi connectivity index (χ4v) is 1.99. The van der Waals surface area contributed by atoms with E-state index in [1.165, 1.54) is 0 Å². The van der Waals surface area contributed by atoms with Crippen LogP contribution in [0.3, 0.4) is 0 Å². The van der Waals surface area contributed by atoms with Gasteiger partial charge in [-0.3, -0.25) is 9.59 Å². The van der Waals surface area contributed by atoms with Crippen molar-refractivity contribution < 1.29 is 9.59 Å². The first-order chi connectivity index (χ1) is 8.61. The number of hydrogen-bond donors (Lipinski definition) is 0. The molecule has 2 aromatic rings. The summed E-state index contributed by atoms with van der Waals surface area (Å²) in [5.74, 6) is 0.0546. The maximum atomic E-state index is 11.4. The molecule has 0 aromatic heterocycles. The van der Waals surface area contributed by atoms with Gasteiger partial charge >= 0.3 is 0 Å². The van der Waals surface area contributed by atoms with E-state index in [9.17, 15) is 9.59 Å². The highest BCUT2D eigenvalue weighted by Gasteiger charge is 2.05. The van der Waals surface area contributed by atoms with Crippen LogP contribution in [0.2, 0.25) is 0 Å². The number of ketones is 1. The molecular formula is C16H14O2. The van der Waals surface area contributed by atoms with Gasteiger partial charge in [0, 0.05) is 11.1 Å². The van der Waals surface area contributed by atoms with Crippen molar-refractivity contribution in [2.75, 3.05) is 0 Å². The molecule has 0 spiro atoms. The minimum atomic E-state index is 0.0546. The Hall–Kier alpha value is -2.22. The Morgan fingerprint density at radius 3 is 2.50 bits per heavy atom. The van der Waals surface area contributed by atoms with Gasteiger partial charge in [0.25, 0.3) is 0 Å². The second-order valence-electron chi connectivity index (χ2n) is 4.33. The van der Waals surface area contributed by atoms with Gasteiger partial charge in [-0.1, -0.05) is 30.3 Å². The molecule has 90 valence electrons. The van der Waals surface area contributed by atoms with Crippen molar-refractivity contribution >= 4 is 12.1 Å². The molecule has 18 heavy (non-hydrogen) atoms. The summed E-state index contributed by atoms with van der Waals surface area (Å²) in [5, 5.41) is 0. The van der Waals surface area contributed by atoms with Crippen LogP contribution in [-0.4, -0.2) is 12.1 Å². The molecule has 2 rings (SSSR count). The third-order valence-corrected chi connectivity index (χ3v) is 2.97. The van der Waals surface area contributed by atoms with Gasteiger partial charge in [0.2, 0.25) is 0 Å². The van der Waals surface area contributed by atoms with Crippen molar-refractivity contribution in [1.82, 2.24) is 0 Å². The molecule has 0 saturated heterocycles. The minimum Gasteiger partial charge on any atom is -0.298 e. The molecule has 0 saturated carbocycles. The Morgan fingerprint density at radius 2 is 1.89 bits per heavy atom. The molecule has 0 unspecified atom stereocenters. The summed E-state index contributed by atoms with van der Waals surface area (Å²) < 4.78 is 0. The Balaban J connectivity index is 2.51. The lowest BCUT2D eigenvalue weighted by molar-refractivity contribution is 0.101. The summed E-state index contributed by atoms with van der Waals surface area (Å²) in [4.78, 5) is 22.1. The van der Waals surface area contributed by atoms with Crippen molar-refractivity contribution in [1.29, 1.82) is 0 Å². The maximum absolute atomic E-state index is 11.4. The minimum absolute atomic E-state index is 0.0546. The lowest BCUT2D eigenvalue weighted by Crippen LogP contribution is -1.93. The van der Waals surface area contributed by atoms with Crippen molar-refractivity contribution in [2.24, 2.45) is 0 Å².